The van der Waals surface area contributed by atoms with Crippen molar-refractivity contribution >= 4 is 16.7 Å². The van der Waals surface area contributed by atoms with Crippen LogP contribution in [-0.4, -0.2) is 35.8 Å². The molecule has 112 valence electrons. The van der Waals surface area contributed by atoms with E-state index in [2.05, 4.69) is 17.4 Å². The Bertz CT molecular complexity index is 622. The van der Waals surface area contributed by atoms with Crippen molar-refractivity contribution in [2.24, 2.45) is 0 Å². The Morgan fingerprint density at radius 3 is 2.86 bits per heavy atom. The maximum atomic E-state index is 9.63. The monoisotopic (exact) mass is 285 g/mol. The molecule has 1 unspecified atom stereocenters. The summed E-state index contributed by atoms with van der Waals surface area (Å²) in [5.41, 5.74) is 2.20. The smallest absolute Gasteiger partial charge is 0.133 e. The Morgan fingerprint density at radius 2 is 2.14 bits per heavy atom. The van der Waals surface area contributed by atoms with Crippen molar-refractivity contribution in [3.05, 3.63) is 35.9 Å². The van der Waals surface area contributed by atoms with Crippen LogP contribution >= 0.6 is 0 Å². The molecular formula is C17H23N3O. The van der Waals surface area contributed by atoms with Crippen LogP contribution in [0.15, 0.2) is 30.3 Å². The van der Waals surface area contributed by atoms with Crippen molar-refractivity contribution in [3.8, 4) is 0 Å². The maximum absolute atomic E-state index is 9.63. The second-order valence-electron chi connectivity index (χ2n) is 6.05. The lowest BCUT2D eigenvalue weighted by molar-refractivity contribution is 0.201. The Morgan fingerprint density at radius 1 is 1.38 bits per heavy atom. The minimum Gasteiger partial charge on any atom is -0.392 e. The molecule has 4 heteroatoms. The topological polar surface area (TPSA) is 48.4 Å². The standard InChI is InChI=1S/C17H23N3O/c1-12(21)11-20(2)17-14(10-18-15-7-8-15)9-13-5-3-4-6-16(13)19-17/h3-6,9,12,15,18,21H,7-8,10-11H2,1-2H3. The summed E-state index contributed by atoms with van der Waals surface area (Å²) in [4.78, 5) is 6.84. The molecule has 1 atom stereocenters. The number of aliphatic hydroxyl groups excluding tert-OH is 1. The summed E-state index contributed by atoms with van der Waals surface area (Å²) in [7, 11) is 1.99. The third-order valence-corrected chi connectivity index (χ3v) is 3.84. The van der Waals surface area contributed by atoms with Crippen molar-refractivity contribution in [1.82, 2.24) is 10.3 Å². The number of anilines is 1. The molecule has 0 spiro atoms. The number of hydrogen-bond acceptors (Lipinski definition) is 4. The average molecular weight is 285 g/mol. The number of hydrogen-bond donors (Lipinski definition) is 2. The van der Waals surface area contributed by atoms with E-state index >= 15 is 0 Å². The SMILES string of the molecule is CC(O)CN(C)c1nc2ccccc2cc1CNC1CC1. The van der Waals surface area contributed by atoms with E-state index in [1.54, 1.807) is 6.92 Å². The summed E-state index contributed by atoms with van der Waals surface area (Å²) in [6.07, 6.45) is 2.19. The van der Waals surface area contributed by atoms with E-state index in [4.69, 9.17) is 4.98 Å². The number of likely N-dealkylation sites (N-methyl/N-ethyl adjacent to an activating group) is 1. The summed E-state index contributed by atoms with van der Waals surface area (Å²) < 4.78 is 0. The Balaban J connectivity index is 1.93. The lowest BCUT2D eigenvalue weighted by Gasteiger charge is -2.23. The van der Waals surface area contributed by atoms with Gasteiger partial charge in [0.15, 0.2) is 0 Å². The number of nitrogens with one attached hydrogen (secondary N) is 1. The van der Waals surface area contributed by atoms with Gasteiger partial charge in [-0.1, -0.05) is 18.2 Å². The van der Waals surface area contributed by atoms with E-state index in [-0.39, 0.29) is 6.10 Å². The van der Waals surface area contributed by atoms with Crippen LogP contribution in [0.3, 0.4) is 0 Å². The number of nitrogens with zero attached hydrogens (tertiary/aromatic N) is 2. The van der Waals surface area contributed by atoms with E-state index < -0.39 is 0 Å². The number of benzene rings is 1. The van der Waals surface area contributed by atoms with E-state index in [0.29, 0.717) is 12.6 Å². The molecule has 0 amide bonds. The van der Waals surface area contributed by atoms with Crippen LogP contribution in [0.25, 0.3) is 10.9 Å². The fraction of sp³-hybridized carbons (Fsp3) is 0.471. The van der Waals surface area contributed by atoms with E-state index in [0.717, 1.165) is 17.9 Å². The third-order valence-electron chi connectivity index (χ3n) is 3.84. The molecular weight excluding hydrogens is 262 g/mol. The van der Waals surface area contributed by atoms with Crippen molar-refractivity contribution in [1.29, 1.82) is 0 Å². The first kappa shape index (κ1) is 14.3. The molecule has 1 saturated carbocycles. The van der Waals surface area contributed by atoms with Gasteiger partial charge in [0.25, 0.3) is 0 Å². The first-order chi connectivity index (χ1) is 10.1. The van der Waals surface area contributed by atoms with Crippen LogP contribution in [0.4, 0.5) is 5.82 Å². The number of fused-ring (bicyclic) bond motifs is 1. The molecule has 1 fully saturated rings. The van der Waals surface area contributed by atoms with Crippen molar-refractivity contribution in [3.63, 3.8) is 0 Å². The fourth-order valence-electron chi connectivity index (χ4n) is 2.63. The predicted octanol–water partition coefficient (Wildman–Crippen LogP) is 2.30. The molecule has 2 N–H and O–H groups in total. The Labute approximate surface area is 125 Å². The van der Waals surface area contributed by atoms with E-state index in [1.165, 1.54) is 23.8 Å². The van der Waals surface area contributed by atoms with Crippen LogP contribution < -0.4 is 10.2 Å². The van der Waals surface area contributed by atoms with Crippen LogP contribution in [0.5, 0.6) is 0 Å². The molecule has 1 aromatic carbocycles. The molecule has 1 heterocycles. The Hall–Kier alpha value is -1.65. The van der Waals surface area contributed by atoms with Gasteiger partial charge in [0, 0.05) is 37.1 Å². The second kappa shape index (κ2) is 6.00. The van der Waals surface area contributed by atoms with Gasteiger partial charge in [-0.2, -0.15) is 0 Å². The molecule has 1 aliphatic carbocycles. The summed E-state index contributed by atoms with van der Waals surface area (Å²) in [5.74, 6) is 0.961. The van der Waals surface area contributed by atoms with Crippen LogP contribution in [-0.2, 0) is 6.54 Å². The quantitative estimate of drug-likeness (QED) is 0.855. The maximum Gasteiger partial charge on any atom is 0.133 e. The zero-order valence-electron chi connectivity index (χ0n) is 12.7. The van der Waals surface area contributed by atoms with Crippen LogP contribution in [0.1, 0.15) is 25.3 Å². The number of pyridine rings is 1. The van der Waals surface area contributed by atoms with Crippen molar-refractivity contribution in [2.45, 2.75) is 38.5 Å². The van der Waals surface area contributed by atoms with Crippen molar-refractivity contribution in [2.75, 3.05) is 18.5 Å². The molecule has 0 radical (unpaired) electrons. The normalized spacial score (nSPS) is 16.1. The lowest BCUT2D eigenvalue weighted by atomic mass is 10.1. The minimum atomic E-state index is -0.368. The average Bonchev–Trinajstić information content (AvgIpc) is 3.27. The summed E-state index contributed by atoms with van der Waals surface area (Å²) in [6.45, 7) is 3.23. The first-order valence-corrected chi connectivity index (χ1v) is 7.65. The molecule has 0 saturated heterocycles. The number of aliphatic hydroxyl groups is 1. The highest BCUT2D eigenvalue weighted by molar-refractivity contribution is 5.81. The lowest BCUT2D eigenvalue weighted by Crippen LogP contribution is -2.29. The molecule has 1 aromatic heterocycles. The number of rotatable bonds is 6. The van der Waals surface area contributed by atoms with Gasteiger partial charge in [-0.3, -0.25) is 0 Å². The molecule has 21 heavy (non-hydrogen) atoms. The van der Waals surface area contributed by atoms with E-state index in [1.807, 2.05) is 30.1 Å². The van der Waals surface area contributed by atoms with Gasteiger partial charge in [0.2, 0.25) is 0 Å². The molecule has 0 bridgehead atoms. The minimum absolute atomic E-state index is 0.368. The van der Waals surface area contributed by atoms with Crippen LogP contribution in [0, 0.1) is 0 Å². The van der Waals surface area contributed by atoms with E-state index in [9.17, 15) is 5.11 Å². The van der Waals surface area contributed by atoms with Gasteiger partial charge in [0.1, 0.15) is 5.82 Å². The van der Waals surface area contributed by atoms with Gasteiger partial charge in [-0.15, -0.1) is 0 Å². The van der Waals surface area contributed by atoms with Crippen LogP contribution in [0.2, 0.25) is 0 Å². The fourth-order valence-corrected chi connectivity index (χ4v) is 2.63. The molecule has 2 aromatic rings. The summed E-state index contributed by atoms with van der Waals surface area (Å²) >= 11 is 0. The van der Waals surface area contributed by atoms with Gasteiger partial charge in [-0.25, -0.2) is 4.98 Å². The second-order valence-corrected chi connectivity index (χ2v) is 6.05. The highest BCUT2D eigenvalue weighted by Crippen LogP contribution is 2.25. The first-order valence-electron chi connectivity index (χ1n) is 7.65. The zero-order valence-corrected chi connectivity index (χ0v) is 12.7. The summed E-state index contributed by atoms with van der Waals surface area (Å²) in [5, 5.41) is 14.4. The number of aromatic nitrogens is 1. The molecule has 3 rings (SSSR count). The summed E-state index contributed by atoms with van der Waals surface area (Å²) in [6, 6.07) is 11.1. The highest BCUT2D eigenvalue weighted by Gasteiger charge is 2.21. The van der Waals surface area contributed by atoms with Gasteiger partial charge >= 0.3 is 0 Å². The predicted molar refractivity (Wildman–Crippen MR) is 86.6 cm³/mol. The zero-order chi connectivity index (χ0) is 14.8. The van der Waals surface area contributed by atoms with Crippen molar-refractivity contribution < 1.29 is 5.11 Å². The molecule has 0 aliphatic heterocycles. The van der Waals surface area contributed by atoms with Gasteiger partial charge in [0.05, 0.1) is 11.6 Å². The molecule has 1 aliphatic rings. The largest absolute Gasteiger partial charge is 0.392 e. The third kappa shape index (κ3) is 3.52. The number of para-hydroxylation sites is 1. The Kier molecular flexibility index (Phi) is 4.08. The highest BCUT2D eigenvalue weighted by atomic mass is 16.3. The van der Waals surface area contributed by atoms with Gasteiger partial charge in [-0.05, 0) is 31.9 Å². The molecule has 4 nitrogen and oxygen atoms in total. The van der Waals surface area contributed by atoms with Gasteiger partial charge < -0.3 is 15.3 Å².